The van der Waals surface area contributed by atoms with Crippen molar-refractivity contribution in [3.63, 3.8) is 0 Å². The fourth-order valence-corrected chi connectivity index (χ4v) is 1.57. The minimum atomic E-state index is -1.07. The molecule has 7 nitrogen and oxygen atoms in total. The monoisotopic (exact) mass is 312 g/mol. The molecule has 0 aliphatic heterocycles. The Balaban J connectivity index is 2.33. The van der Waals surface area contributed by atoms with E-state index in [1.165, 1.54) is 6.07 Å². The molecule has 7 heteroatoms. The molecule has 0 bridgehead atoms. The van der Waals surface area contributed by atoms with Gasteiger partial charge in [0.1, 0.15) is 11.3 Å². The topological polar surface area (TPSA) is 80.3 Å². The highest BCUT2D eigenvalue weighted by Crippen LogP contribution is 2.18. The van der Waals surface area contributed by atoms with E-state index in [0.29, 0.717) is 12.4 Å². The van der Waals surface area contributed by atoms with Crippen LogP contribution in [0, 0.1) is 0 Å². The van der Waals surface area contributed by atoms with Crippen LogP contribution in [0.5, 0.6) is 5.75 Å². The first-order valence-electron chi connectivity index (χ1n) is 7.13. The molecule has 1 aromatic rings. The lowest BCUT2D eigenvalue weighted by atomic mass is 10.2. The van der Waals surface area contributed by atoms with Gasteiger partial charge in [-0.25, -0.2) is 14.5 Å². The van der Waals surface area contributed by atoms with E-state index >= 15 is 0 Å². The van der Waals surface area contributed by atoms with Gasteiger partial charge in [0, 0.05) is 0 Å². The summed E-state index contributed by atoms with van der Waals surface area (Å²) in [7, 11) is 0. The van der Waals surface area contributed by atoms with Crippen LogP contribution in [0.1, 0.15) is 43.5 Å². The number of hydrogen-bond acceptors (Lipinski definition) is 7. The van der Waals surface area contributed by atoms with Crippen molar-refractivity contribution in [3.05, 3.63) is 29.8 Å². The van der Waals surface area contributed by atoms with Gasteiger partial charge >= 0.3 is 12.1 Å². The molecule has 1 rings (SSSR count). The Bertz CT molecular complexity index is 473. The molecule has 0 saturated carbocycles. The predicted molar refractivity (Wildman–Crippen MR) is 76.1 cm³/mol. The molecule has 0 radical (unpaired) electrons. The lowest BCUT2D eigenvalue weighted by molar-refractivity contribution is -0.452. The normalized spacial score (nSPS) is 9.91. The molecule has 0 N–H and O–H groups in total. The third-order valence-electron chi connectivity index (χ3n) is 2.59. The van der Waals surface area contributed by atoms with Crippen LogP contribution in [0.15, 0.2) is 24.3 Å². The predicted octanol–water partition coefficient (Wildman–Crippen LogP) is 3.43. The van der Waals surface area contributed by atoms with Crippen molar-refractivity contribution < 1.29 is 33.9 Å². The number of hydrogen-bond donors (Lipinski definition) is 0. The zero-order valence-corrected chi connectivity index (χ0v) is 12.7. The van der Waals surface area contributed by atoms with Gasteiger partial charge in [0.2, 0.25) is 0 Å². The molecule has 0 saturated heterocycles. The first-order chi connectivity index (χ1) is 10.7. The summed E-state index contributed by atoms with van der Waals surface area (Å²) in [6, 6.07) is 6.47. The third-order valence-corrected chi connectivity index (χ3v) is 2.59. The number of carbonyl (C=O) groups is 2. The lowest BCUT2D eigenvalue weighted by Crippen LogP contribution is -2.13. The number of ether oxygens (including phenoxy) is 2. The van der Waals surface area contributed by atoms with Gasteiger partial charge in [0.05, 0.1) is 18.3 Å². The Kier molecular flexibility index (Phi) is 8.44. The molecular formula is C15H20O7. The van der Waals surface area contributed by atoms with Crippen LogP contribution in [0.3, 0.4) is 0 Å². The summed E-state index contributed by atoms with van der Waals surface area (Å²) in [5.41, 5.74) is 0.157. The second-order valence-electron chi connectivity index (χ2n) is 4.26. The van der Waals surface area contributed by atoms with Gasteiger partial charge in [0.15, 0.2) is 0 Å². The quantitative estimate of drug-likeness (QED) is 0.299. The molecule has 122 valence electrons. The van der Waals surface area contributed by atoms with E-state index in [0.717, 1.165) is 19.3 Å². The second-order valence-corrected chi connectivity index (χ2v) is 4.26. The second kappa shape index (κ2) is 10.4. The Morgan fingerprint density at radius 3 is 2.55 bits per heavy atom. The van der Waals surface area contributed by atoms with Crippen molar-refractivity contribution in [2.45, 2.75) is 33.1 Å². The smallest absolute Gasteiger partial charge is 0.493 e. The molecule has 0 atom stereocenters. The van der Waals surface area contributed by atoms with E-state index in [1.807, 2.05) is 6.92 Å². The van der Waals surface area contributed by atoms with Crippen molar-refractivity contribution in [1.29, 1.82) is 0 Å². The van der Waals surface area contributed by atoms with Crippen LogP contribution >= 0.6 is 0 Å². The standard InChI is InChI=1S/C15H20O7/c1-3-5-8-11-19-15(17)21-22-20-14(16)12-9-6-7-10-13(12)18-4-2/h6-7,9-10H,3-5,8,11H2,1-2H3. The minimum absolute atomic E-state index is 0.157. The van der Waals surface area contributed by atoms with Crippen LogP contribution in [0.4, 0.5) is 4.79 Å². The van der Waals surface area contributed by atoms with Crippen LogP contribution in [0.25, 0.3) is 0 Å². The van der Waals surface area contributed by atoms with E-state index in [9.17, 15) is 9.59 Å². The fourth-order valence-electron chi connectivity index (χ4n) is 1.57. The van der Waals surface area contributed by atoms with Crippen LogP contribution in [-0.2, 0) is 19.6 Å². The molecule has 0 spiro atoms. The van der Waals surface area contributed by atoms with Crippen LogP contribution < -0.4 is 4.74 Å². The van der Waals surface area contributed by atoms with Gasteiger partial charge < -0.3 is 9.47 Å². The van der Waals surface area contributed by atoms with Gasteiger partial charge in [-0.15, -0.1) is 0 Å². The maximum absolute atomic E-state index is 11.8. The molecule has 0 fully saturated rings. The molecule has 0 aliphatic rings. The summed E-state index contributed by atoms with van der Waals surface area (Å²) in [6.45, 7) is 4.43. The van der Waals surface area contributed by atoms with Crippen molar-refractivity contribution >= 4 is 12.1 Å². The van der Waals surface area contributed by atoms with E-state index in [1.54, 1.807) is 25.1 Å². The Labute approximate surface area is 128 Å². The molecular weight excluding hydrogens is 292 g/mol. The maximum Gasteiger partial charge on any atom is 0.543 e. The van der Waals surface area contributed by atoms with Gasteiger partial charge in [-0.05, 0) is 25.5 Å². The van der Waals surface area contributed by atoms with Crippen molar-refractivity contribution in [2.24, 2.45) is 0 Å². The summed E-state index contributed by atoms with van der Waals surface area (Å²) in [5, 5.41) is 4.12. The lowest BCUT2D eigenvalue weighted by Gasteiger charge is -2.08. The first-order valence-corrected chi connectivity index (χ1v) is 7.13. The largest absolute Gasteiger partial charge is 0.543 e. The summed E-state index contributed by atoms with van der Waals surface area (Å²) in [4.78, 5) is 31.4. The van der Waals surface area contributed by atoms with E-state index < -0.39 is 12.1 Å². The summed E-state index contributed by atoms with van der Waals surface area (Å²) < 4.78 is 9.96. The number of unbranched alkanes of at least 4 members (excludes halogenated alkanes) is 2. The average Bonchev–Trinajstić information content (AvgIpc) is 2.52. The molecule has 0 unspecified atom stereocenters. The highest BCUT2D eigenvalue weighted by Gasteiger charge is 2.16. The Hall–Kier alpha value is -2.28. The van der Waals surface area contributed by atoms with Crippen LogP contribution in [0.2, 0.25) is 0 Å². The van der Waals surface area contributed by atoms with Gasteiger partial charge in [-0.3, -0.25) is 4.89 Å². The third kappa shape index (κ3) is 6.45. The fraction of sp³-hybridized carbons (Fsp3) is 0.467. The maximum atomic E-state index is 11.8. The highest BCUT2D eigenvalue weighted by molar-refractivity contribution is 5.92. The van der Waals surface area contributed by atoms with Crippen molar-refractivity contribution in [2.75, 3.05) is 13.2 Å². The summed E-state index contributed by atoms with van der Waals surface area (Å²) in [5.74, 6) is -0.497. The minimum Gasteiger partial charge on any atom is -0.493 e. The van der Waals surface area contributed by atoms with E-state index in [4.69, 9.17) is 9.47 Å². The Morgan fingerprint density at radius 2 is 1.82 bits per heavy atom. The molecule has 0 aromatic heterocycles. The molecule has 0 heterocycles. The molecule has 0 aliphatic carbocycles. The SMILES string of the molecule is CCCCCOC(=O)OOOC(=O)c1ccccc1OCC. The van der Waals surface area contributed by atoms with Crippen LogP contribution in [-0.4, -0.2) is 25.3 Å². The zero-order valence-electron chi connectivity index (χ0n) is 12.7. The van der Waals surface area contributed by atoms with E-state index in [-0.39, 0.29) is 12.2 Å². The first kappa shape index (κ1) is 17.8. The van der Waals surface area contributed by atoms with Gasteiger partial charge in [0.25, 0.3) is 0 Å². The molecule has 22 heavy (non-hydrogen) atoms. The van der Waals surface area contributed by atoms with Crippen molar-refractivity contribution in [3.8, 4) is 5.75 Å². The number of rotatable bonds is 9. The summed E-state index contributed by atoms with van der Waals surface area (Å²) in [6.07, 6.45) is 1.61. The number of benzene rings is 1. The molecule has 0 amide bonds. The molecule has 1 aromatic carbocycles. The Morgan fingerprint density at radius 1 is 1.05 bits per heavy atom. The van der Waals surface area contributed by atoms with Gasteiger partial charge in [-0.2, -0.15) is 0 Å². The zero-order chi connectivity index (χ0) is 16.2. The highest BCUT2D eigenvalue weighted by atomic mass is 17.5. The average molecular weight is 312 g/mol. The van der Waals surface area contributed by atoms with Gasteiger partial charge in [-0.1, -0.05) is 31.9 Å². The number of carbonyl (C=O) groups excluding carboxylic acids is 2. The van der Waals surface area contributed by atoms with E-state index in [2.05, 4.69) is 14.8 Å². The summed E-state index contributed by atoms with van der Waals surface area (Å²) >= 11 is 0. The number of para-hydroxylation sites is 1. The van der Waals surface area contributed by atoms with Crippen molar-refractivity contribution in [1.82, 2.24) is 0 Å².